The molecular weight excluding hydrogens is 689 g/mol. The molecule has 0 unspecified atom stereocenters. The Morgan fingerprint density at radius 1 is 0.630 bits per heavy atom. The summed E-state index contributed by atoms with van der Waals surface area (Å²) in [7, 11) is -23.0. The smallest absolute Gasteiger partial charge is 0.355 e. The maximum absolute atomic E-state index is 13.1. The maximum atomic E-state index is 13.1. The van der Waals surface area contributed by atoms with Gasteiger partial charge in [0, 0.05) is 16.6 Å². The number of nitrogens with one attached hydrogen (secondary N) is 1. The van der Waals surface area contributed by atoms with Crippen LogP contribution in [-0.4, -0.2) is 70.8 Å². The summed E-state index contributed by atoms with van der Waals surface area (Å²) in [5, 5.41) is 0. The topological polar surface area (TPSA) is 264 Å². The molecule has 5 N–H and O–H groups in total. The molecule has 0 saturated carbocycles. The summed E-state index contributed by atoms with van der Waals surface area (Å²) >= 11 is 0. The van der Waals surface area contributed by atoms with Gasteiger partial charge >= 0.3 is 10.3 Å². The van der Waals surface area contributed by atoms with Crippen molar-refractivity contribution in [2.75, 3.05) is 0 Å². The second kappa shape index (κ2) is 10.5. The highest BCUT2D eigenvalue weighted by molar-refractivity contribution is 7.95. The predicted octanol–water partition coefficient (Wildman–Crippen LogP) is 3.16. The first-order chi connectivity index (χ1) is 21.3. The van der Waals surface area contributed by atoms with Crippen LogP contribution in [0, 0.1) is 0 Å². The zero-order valence-electron chi connectivity index (χ0n) is 22.5. The molecular formula is C26H18N4O12S4. The minimum atomic E-state index is -5.96. The molecule has 0 saturated heterocycles. The Balaban J connectivity index is 2.09. The van der Waals surface area contributed by atoms with Gasteiger partial charge in [-0.05, 0) is 54.1 Å². The van der Waals surface area contributed by atoms with Gasteiger partial charge in [0.1, 0.15) is 25.9 Å². The molecule has 16 nitrogen and oxygen atoms in total. The summed E-state index contributed by atoms with van der Waals surface area (Å²) in [4.78, 5) is 6.60. The van der Waals surface area contributed by atoms with E-state index in [1.54, 1.807) is 12.1 Å². The number of benzene rings is 1. The van der Waals surface area contributed by atoms with Gasteiger partial charge in [-0.15, -0.1) is 0 Å². The molecule has 20 heteroatoms. The fourth-order valence-electron chi connectivity index (χ4n) is 5.07. The van der Waals surface area contributed by atoms with E-state index in [9.17, 15) is 51.9 Å². The molecule has 0 aliphatic carbocycles. The van der Waals surface area contributed by atoms with Gasteiger partial charge in [0.15, 0.2) is 0 Å². The van der Waals surface area contributed by atoms with Crippen LogP contribution in [0.3, 0.4) is 0 Å². The number of aromatic amines is 1. The highest BCUT2D eigenvalue weighted by Gasteiger charge is 2.39. The number of hydrogen-bond acceptors (Lipinski definition) is 10. The van der Waals surface area contributed by atoms with Crippen LogP contribution in [0.1, 0.15) is 22.8 Å². The molecule has 6 rings (SSSR count). The molecule has 4 aromatic rings. The number of fused-ring (bicyclic) bond motifs is 8. The van der Waals surface area contributed by atoms with Crippen molar-refractivity contribution in [1.82, 2.24) is 18.9 Å². The average molecular weight is 707 g/mol. The lowest BCUT2D eigenvalue weighted by Gasteiger charge is -2.08. The summed E-state index contributed by atoms with van der Waals surface area (Å²) in [5.74, 6) is 0. The second-order valence-electron chi connectivity index (χ2n) is 9.79. The number of rotatable bonds is 5. The molecule has 3 aromatic heterocycles. The summed E-state index contributed by atoms with van der Waals surface area (Å²) in [6.07, 6.45) is 3.54. The van der Waals surface area contributed by atoms with Gasteiger partial charge in [0.2, 0.25) is 0 Å². The molecule has 0 fully saturated rings. The van der Waals surface area contributed by atoms with Crippen molar-refractivity contribution in [3.8, 4) is 11.1 Å². The van der Waals surface area contributed by atoms with Gasteiger partial charge in [-0.2, -0.15) is 33.7 Å². The number of H-pyrrole nitrogens is 1. The third-order valence-corrected chi connectivity index (χ3v) is 10.2. The molecule has 0 atom stereocenters. The minimum Gasteiger partial charge on any atom is -0.355 e. The average Bonchev–Trinajstić information content (AvgIpc) is 3.70. The second-order valence-corrected chi connectivity index (χ2v) is 15.2. The van der Waals surface area contributed by atoms with Crippen LogP contribution < -0.4 is 0 Å². The third-order valence-electron chi connectivity index (χ3n) is 6.70. The number of hydrogen-bond donors (Lipinski definition) is 5. The van der Waals surface area contributed by atoms with E-state index in [1.807, 2.05) is 0 Å². The first-order valence-corrected chi connectivity index (χ1v) is 18.2. The monoisotopic (exact) mass is 706 g/mol. The lowest BCUT2D eigenvalue weighted by Crippen LogP contribution is -2.15. The summed E-state index contributed by atoms with van der Waals surface area (Å²) in [6, 6.07) is 13.6. The van der Waals surface area contributed by atoms with E-state index in [4.69, 9.17) is 0 Å². The van der Waals surface area contributed by atoms with E-state index < -0.39 is 77.6 Å². The molecule has 0 spiro atoms. The lowest BCUT2D eigenvalue weighted by atomic mass is 10.1. The zero-order valence-corrected chi connectivity index (χ0v) is 25.8. The lowest BCUT2D eigenvalue weighted by molar-refractivity contribution is 0.475. The first kappa shape index (κ1) is 31.4. The molecule has 0 amide bonds. The Morgan fingerprint density at radius 3 is 1.74 bits per heavy atom. The van der Waals surface area contributed by atoms with Crippen LogP contribution in [0.5, 0.6) is 0 Å². The Bertz CT molecular complexity index is 2680. The standard InChI is InChI=1S/C26H18N4O12S4/c31-43(32,33)21-13-19-11-17-7-6-15(27-17)10-16-8-9-18(28-16)12-20-22(14-4-2-1-3-5-14)25(44(34,35)36)24(30(20)46(40,41)42)26(23(21)29-19)45(37,38)39/h1-13,27H,(H,31,32,33)(H,34,35,36)(H,37,38,39)(H,40,41,42). The Morgan fingerprint density at radius 2 is 1.20 bits per heavy atom. The summed E-state index contributed by atoms with van der Waals surface area (Å²) < 4.78 is 145. The van der Waals surface area contributed by atoms with Gasteiger partial charge in [-0.3, -0.25) is 18.2 Å². The molecule has 2 aliphatic rings. The van der Waals surface area contributed by atoms with Crippen molar-refractivity contribution in [2.45, 2.75) is 9.79 Å². The van der Waals surface area contributed by atoms with Crippen LogP contribution in [-0.2, 0) is 40.7 Å². The molecule has 238 valence electrons. The third kappa shape index (κ3) is 5.67. The highest BCUT2D eigenvalue weighted by atomic mass is 32.2. The van der Waals surface area contributed by atoms with Crippen LogP contribution in [0.25, 0.3) is 56.3 Å². The number of nitrogens with zero attached hydrogens (tertiary/aromatic N) is 3. The van der Waals surface area contributed by atoms with E-state index in [0.29, 0.717) is 17.3 Å². The Labute approximate surface area is 260 Å². The molecule has 0 radical (unpaired) electrons. The van der Waals surface area contributed by atoms with Gasteiger partial charge in [0.05, 0.1) is 22.6 Å². The van der Waals surface area contributed by atoms with E-state index in [2.05, 4.69) is 15.0 Å². The van der Waals surface area contributed by atoms with E-state index in [1.165, 1.54) is 54.6 Å². The van der Waals surface area contributed by atoms with Gasteiger partial charge < -0.3 is 4.98 Å². The van der Waals surface area contributed by atoms with Crippen LogP contribution in [0.4, 0.5) is 0 Å². The molecule has 1 aromatic carbocycles. The zero-order chi connectivity index (χ0) is 33.4. The van der Waals surface area contributed by atoms with Gasteiger partial charge in [0.25, 0.3) is 30.4 Å². The van der Waals surface area contributed by atoms with Gasteiger partial charge in [-0.25, -0.2) is 13.9 Å². The highest BCUT2D eigenvalue weighted by Crippen LogP contribution is 2.43. The van der Waals surface area contributed by atoms with Crippen molar-refractivity contribution in [3.05, 3.63) is 83.4 Å². The molecule has 8 bridgehead atoms. The van der Waals surface area contributed by atoms with Crippen molar-refractivity contribution in [2.24, 2.45) is 0 Å². The van der Waals surface area contributed by atoms with Crippen molar-refractivity contribution < 1.29 is 51.9 Å². The molecule has 46 heavy (non-hydrogen) atoms. The normalized spacial score (nSPS) is 14.0. The van der Waals surface area contributed by atoms with E-state index in [0.717, 1.165) is 6.07 Å². The predicted molar refractivity (Wildman–Crippen MR) is 165 cm³/mol. The molecule has 5 heterocycles. The quantitative estimate of drug-likeness (QED) is 0.164. The van der Waals surface area contributed by atoms with Crippen LogP contribution >= 0.6 is 0 Å². The van der Waals surface area contributed by atoms with Crippen molar-refractivity contribution in [1.29, 1.82) is 0 Å². The SMILES string of the molecule is O=S(=O)(O)C1=Cc2cc3ccc(cc4nc(cc5c(-c6ccccc6)c(S(=O)(=O)O)c(c(S(=O)(=O)O)c1n2)n5S(=O)(=O)O)C=C4)[nH]3. The summed E-state index contributed by atoms with van der Waals surface area (Å²) in [6.45, 7) is 0. The fraction of sp³-hybridized carbons (Fsp3) is 0. The van der Waals surface area contributed by atoms with Crippen LogP contribution in [0.2, 0.25) is 0 Å². The summed E-state index contributed by atoms with van der Waals surface area (Å²) in [5.41, 5.74) is -3.97. The minimum absolute atomic E-state index is 0.0505. The largest absolute Gasteiger partial charge is 0.364 e. The Hall–Kier alpha value is -4.54. The van der Waals surface area contributed by atoms with E-state index >= 15 is 0 Å². The first-order valence-electron chi connectivity index (χ1n) is 12.5. The van der Waals surface area contributed by atoms with Crippen LogP contribution in [0.15, 0.2) is 70.5 Å². The van der Waals surface area contributed by atoms with Gasteiger partial charge in [-0.1, -0.05) is 30.3 Å². The molecule has 2 aliphatic heterocycles. The maximum Gasteiger partial charge on any atom is 0.364 e. The fourth-order valence-corrected chi connectivity index (χ4v) is 8.54. The van der Waals surface area contributed by atoms with Crippen molar-refractivity contribution >= 4 is 85.9 Å². The number of aromatic nitrogens is 4. The van der Waals surface area contributed by atoms with Crippen molar-refractivity contribution in [3.63, 3.8) is 0 Å². The Kier molecular flexibility index (Phi) is 7.18. The van der Waals surface area contributed by atoms with E-state index in [-0.39, 0.29) is 26.4 Å².